The second-order valence-corrected chi connectivity index (χ2v) is 8.20. The van der Waals surface area contributed by atoms with E-state index in [1.807, 2.05) is 0 Å². The van der Waals surface area contributed by atoms with Gasteiger partial charge in [-0.1, -0.05) is 11.6 Å². The highest BCUT2D eigenvalue weighted by Gasteiger charge is 2.26. The number of pyridine rings is 1. The molecule has 0 spiro atoms. The van der Waals surface area contributed by atoms with Gasteiger partial charge in [0.15, 0.2) is 17.4 Å². The number of methoxy groups -OCH3 is 1. The normalized spacial score (nSPS) is 13.0. The third-order valence-electron chi connectivity index (χ3n) is 5.17. The molecule has 190 valence electrons. The van der Waals surface area contributed by atoms with Crippen LogP contribution in [0, 0.1) is 11.6 Å². The van der Waals surface area contributed by atoms with Gasteiger partial charge < -0.3 is 25.4 Å². The molecule has 1 aliphatic rings. The van der Waals surface area contributed by atoms with Crippen molar-refractivity contribution in [1.29, 1.82) is 0 Å². The number of amides is 3. The van der Waals surface area contributed by atoms with Crippen molar-refractivity contribution in [2.24, 2.45) is 0 Å². The zero-order valence-electron chi connectivity index (χ0n) is 18.6. The van der Waals surface area contributed by atoms with Gasteiger partial charge in [-0.2, -0.15) is 0 Å². The Morgan fingerprint density at radius 3 is 2.61 bits per heavy atom. The molecule has 0 saturated heterocycles. The van der Waals surface area contributed by atoms with E-state index in [9.17, 15) is 27.2 Å². The number of rotatable bonds is 8. The van der Waals surface area contributed by atoms with Crippen LogP contribution in [-0.2, 0) is 0 Å². The predicted molar refractivity (Wildman–Crippen MR) is 123 cm³/mol. The maximum Gasteiger partial charge on any atom is 0.319 e. The van der Waals surface area contributed by atoms with E-state index in [0.717, 1.165) is 18.9 Å². The summed E-state index contributed by atoms with van der Waals surface area (Å²) in [5.74, 6) is -4.21. The Morgan fingerprint density at radius 1 is 1.19 bits per heavy atom. The number of alkyl halides is 2. The van der Waals surface area contributed by atoms with Crippen molar-refractivity contribution in [3.8, 4) is 17.2 Å². The van der Waals surface area contributed by atoms with Crippen LogP contribution in [0.4, 0.5) is 28.0 Å². The first kappa shape index (κ1) is 25.3. The van der Waals surface area contributed by atoms with Crippen molar-refractivity contribution >= 4 is 40.1 Å². The molecule has 0 aliphatic heterocycles. The van der Waals surface area contributed by atoms with Crippen LogP contribution in [0.15, 0.2) is 30.5 Å². The van der Waals surface area contributed by atoms with Crippen LogP contribution in [-0.4, -0.2) is 43.0 Å². The average Bonchev–Trinajstić information content (AvgIpc) is 3.66. The minimum atomic E-state index is -2.77. The zero-order valence-corrected chi connectivity index (χ0v) is 19.4. The topological polar surface area (TPSA) is 102 Å². The Balaban J connectivity index is 1.67. The lowest BCUT2D eigenvalue weighted by molar-refractivity contribution is 0.0889. The maximum atomic E-state index is 15.0. The van der Waals surface area contributed by atoms with E-state index in [-0.39, 0.29) is 39.7 Å². The summed E-state index contributed by atoms with van der Waals surface area (Å²) in [6.45, 7) is -0.885. The fourth-order valence-corrected chi connectivity index (χ4v) is 3.48. The number of benzene rings is 2. The van der Waals surface area contributed by atoms with Crippen molar-refractivity contribution in [3.05, 3.63) is 52.7 Å². The van der Waals surface area contributed by atoms with Gasteiger partial charge in [0.05, 0.1) is 30.4 Å². The molecule has 1 aliphatic carbocycles. The minimum absolute atomic E-state index is 0.0158. The van der Waals surface area contributed by atoms with E-state index < -0.39 is 47.3 Å². The Bertz CT molecular complexity index is 1340. The summed E-state index contributed by atoms with van der Waals surface area (Å²) >= 11 is 6.01. The molecule has 0 radical (unpaired) electrons. The van der Waals surface area contributed by atoms with Gasteiger partial charge >= 0.3 is 6.03 Å². The minimum Gasteiger partial charge on any atom is -0.496 e. The number of halogens is 5. The standard InChI is InChI=1S/C23H19ClF4N4O4/c1-35-17-8-14-11(6-12(17)22(33)30-9-18(26)27)16(4-5-29-14)36-21-13(25)7-15(19(24)20(21)28)32-23(34)31-10-2-3-10/h4-8,10,18H,2-3,9H2,1H3,(H,30,33)(H2,31,32,34). The highest BCUT2D eigenvalue weighted by molar-refractivity contribution is 6.34. The molecule has 1 heterocycles. The molecule has 1 saturated carbocycles. The van der Waals surface area contributed by atoms with Crippen LogP contribution in [0.5, 0.6) is 17.2 Å². The number of urea groups is 1. The molecule has 0 unspecified atom stereocenters. The highest BCUT2D eigenvalue weighted by atomic mass is 35.5. The Kier molecular flexibility index (Phi) is 7.34. The Morgan fingerprint density at radius 2 is 1.94 bits per heavy atom. The van der Waals surface area contributed by atoms with Crippen molar-refractivity contribution < 1.29 is 36.6 Å². The molecule has 1 aromatic heterocycles. The molecular formula is C23H19ClF4N4O4. The molecule has 1 fully saturated rings. The number of hydrogen-bond acceptors (Lipinski definition) is 5. The number of hydrogen-bond donors (Lipinski definition) is 3. The maximum absolute atomic E-state index is 15.0. The van der Waals surface area contributed by atoms with Gasteiger partial charge in [-0.3, -0.25) is 9.78 Å². The fraction of sp³-hybridized carbons (Fsp3) is 0.261. The van der Waals surface area contributed by atoms with Gasteiger partial charge in [-0.05, 0) is 25.0 Å². The summed E-state index contributed by atoms with van der Waals surface area (Å²) < 4.78 is 65.5. The smallest absolute Gasteiger partial charge is 0.319 e. The summed E-state index contributed by atoms with van der Waals surface area (Å²) in [4.78, 5) is 28.5. The summed E-state index contributed by atoms with van der Waals surface area (Å²) in [6, 6.07) is 4.05. The quantitative estimate of drug-likeness (QED) is 0.275. The summed E-state index contributed by atoms with van der Waals surface area (Å²) in [7, 11) is 1.28. The number of fused-ring (bicyclic) bond motifs is 1. The highest BCUT2D eigenvalue weighted by Crippen LogP contribution is 2.39. The summed E-state index contributed by atoms with van der Waals surface area (Å²) in [5.41, 5.74) is -0.181. The largest absolute Gasteiger partial charge is 0.496 e. The molecule has 3 N–H and O–H groups in total. The van der Waals surface area contributed by atoms with Crippen LogP contribution < -0.4 is 25.4 Å². The van der Waals surface area contributed by atoms with Crippen LogP contribution in [0.1, 0.15) is 23.2 Å². The molecule has 13 heteroatoms. The van der Waals surface area contributed by atoms with Gasteiger partial charge in [-0.25, -0.2) is 22.4 Å². The predicted octanol–water partition coefficient (Wildman–Crippen LogP) is 5.25. The number of carbonyl (C=O) groups excluding carboxylic acids is 2. The van der Waals surface area contributed by atoms with Gasteiger partial charge in [0.1, 0.15) is 16.5 Å². The molecule has 8 nitrogen and oxygen atoms in total. The SMILES string of the molecule is COc1cc2nccc(Oc3c(F)cc(NC(=O)NC4CC4)c(Cl)c3F)c2cc1C(=O)NCC(F)F. The number of nitrogens with one attached hydrogen (secondary N) is 3. The molecular weight excluding hydrogens is 508 g/mol. The monoisotopic (exact) mass is 526 g/mol. The lowest BCUT2D eigenvalue weighted by Gasteiger charge is -2.15. The number of nitrogens with zero attached hydrogens (tertiary/aromatic N) is 1. The first-order valence-corrected chi connectivity index (χ1v) is 11.0. The zero-order chi connectivity index (χ0) is 26.0. The van der Waals surface area contributed by atoms with Gasteiger partial charge in [-0.15, -0.1) is 0 Å². The first-order valence-electron chi connectivity index (χ1n) is 10.6. The molecule has 0 bridgehead atoms. The van der Waals surface area contributed by atoms with E-state index in [0.29, 0.717) is 0 Å². The van der Waals surface area contributed by atoms with E-state index in [1.165, 1.54) is 31.5 Å². The van der Waals surface area contributed by atoms with E-state index in [2.05, 4.69) is 20.9 Å². The van der Waals surface area contributed by atoms with E-state index >= 15 is 0 Å². The van der Waals surface area contributed by atoms with Gasteiger partial charge in [0, 0.05) is 29.8 Å². The molecule has 2 aromatic carbocycles. The molecule has 4 rings (SSSR count). The Labute approximate surface area is 206 Å². The van der Waals surface area contributed by atoms with Crippen LogP contribution in [0.25, 0.3) is 10.9 Å². The second-order valence-electron chi connectivity index (χ2n) is 7.82. The first-order chi connectivity index (χ1) is 17.2. The molecule has 3 amide bonds. The average molecular weight is 527 g/mol. The third-order valence-corrected chi connectivity index (χ3v) is 5.54. The molecule has 0 atom stereocenters. The van der Waals surface area contributed by atoms with Crippen molar-refractivity contribution in [2.45, 2.75) is 25.3 Å². The Hall–Kier alpha value is -3.80. The third kappa shape index (κ3) is 5.54. The van der Waals surface area contributed by atoms with Crippen LogP contribution >= 0.6 is 11.6 Å². The number of anilines is 1. The van der Waals surface area contributed by atoms with Crippen LogP contribution in [0.3, 0.4) is 0 Å². The van der Waals surface area contributed by atoms with Crippen molar-refractivity contribution in [3.63, 3.8) is 0 Å². The number of aromatic nitrogens is 1. The molecule has 36 heavy (non-hydrogen) atoms. The number of ether oxygens (including phenoxy) is 2. The van der Waals surface area contributed by atoms with Crippen molar-refractivity contribution in [2.75, 3.05) is 19.0 Å². The summed E-state index contributed by atoms with van der Waals surface area (Å²) in [6.07, 6.45) is 0.160. The fourth-order valence-electron chi connectivity index (χ4n) is 3.29. The number of carbonyl (C=O) groups is 2. The van der Waals surface area contributed by atoms with E-state index in [1.54, 1.807) is 0 Å². The van der Waals surface area contributed by atoms with Gasteiger partial charge in [0.2, 0.25) is 0 Å². The van der Waals surface area contributed by atoms with Crippen molar-refractivity contribution in [1.82, 2.24) is 15.6 Å². The lowest BCUT2D eigenvalue weighted by atomic mass is 10.1. The molecule has 3 aromatic rings. The van der Waals surface area contributed by atoms with E-state index in [4.69, 9.17) is 21.1 Å². The lowest BCUT2D eigenvalue weighted by Crippen LogP contribution is -2.30. The van der Waals surface area contributed by atoms with Crippen LogP contribution in [0.2, 0.25) is 5.02 Å². The van der Waals surface area contributed by atoms with Gasteiger partial charge in [0.25, 0.3) is 12.3 Å². The second kappa shape index (κ2) is 10.4. The summed E-state index contributed by atoms with van der Waals surface area (Å²) in [5, 5.41) is 6.53.